The van der Waals surface area contributed by atoms with Crippen LogP contribution in [0.1, 0.15) is 39.5 Å². The lowest BCUT2D eigenvalue weighted by Gasteiger charge is -2.12. The monoisotopic (exact) mass is 173 g/mol. The smallest absolute Gasteiger partial charge is 0.0474 e. The Kier molecular flexibility index (Phi) is 8.95. The van der Waals surface area contributed by atoms with Gasteiger partial charge < -0.3 is 10.1 Å². The van der Waals surface area contributed by atoms with Crippen molar-refractivity contribution in [2.45, 2.75) is 45.6 Å². The molecule has 1 atom stereocenters. The van der Waals surface area contributed by atoms with Crippen molar-refractivity contribution in [2.75, 3.05) is 20.3 Å². The molecule has 74 valence electrons. The minimum Gasteiger partial charge on any atom is -0.385 e. The molecular weight excluding hydrogens is 150 g/mol. The van der Waals surface area contributed by atoms with Crippen molar-refractivity contribution in [1.82, 2.24) is 5.32 Å². The predicted molar refractivity (Wildman–Crippen MR) is 53.5 cm³/mol. The van der Waals surface area contributed by atoms with Gasteiger partial charge in [0, 0.05) is 19.8 Å². The summed E-state index contributed by atoms with van der Waals surface area (Å²) < 4.78 is 4.96. The van der Waals surface area contributed by atoms with Gasteiger partial charge in [0.1, 0.15) is 0 Å². The molecule has 0 amide bonds. The van der Waals surface area contributed by atoms with Crippen LogP contribution in [0.2, 0.25) is 0 Å². The van der Waals surface area contributed by atoms with Gasteiger partial charge in [0.25, 0.3) is 0 Å². The second-order valence-corrected chi connectivity index (χ2v) is 3.34. The third kappa shape index (κ3) is 8.02. The van der Waals surface area contributed by atoms with Crippen molar-refractivity contribution < 1.29 is 4.74 Å². The van der Waals surface area contributed by atoms with Crippen molar-refractivity contribution in [3.63, 3.8) is 0 Å². The molecule has 1 N–H and O–H groups in total. The Labute approximate surface area is 76.7 Å². The molecule has 12 heavy (non-hydrogen) atoms. The summed E-state index contributed by atoms with van der Waals surface area (Å²) in [5.74, 6) is 0. The number of hydrogen-bond donors (Lipinski definition) is 1. The summed E-state index contributed by atoms with van der Waals surface area (Å²) in [5.41, 5.74) is 0. The molecule has 0 spiro atoms. The summed E-state index contributed by atoms with van der Waals surface area (Å²) in [6.07, 6.45) is 5.04. The van der Waals surface area contributed by atoms with Gasteiger partial charge in [-0.05, 0) is 26.3 Å². The van der Waals surface area contributed by atoms with E-state index >= 15 is 0 Å². The summed E-state index contributed by atoms with van der Waals surface area (Å²) >= 11 is 0. The second-order valence-electron chi connectivity index (χ2n) is 3.34. The van der Waals surface area contributed by atoms with E-state index in [0.29, 0.717) is 6.04 Å². The molecule has 0 aliphatic rings. The molecule has 0 bridgehead atoms. The van der Waals surface area contributed by atoms with Crippen LogP contribution in [0.25, 0.3) is 0 Å². The normalized spacial score (nSPS) is 13.2. The quantitative estimate of drug-likeness (QED) is 0.568. The van der Waals surface area contributed by atoms with Crippen LogP contribution >= 0.6 is 0 Å². The van der Waals surface area contributed by atoms with Gasteiger partial charge in [0.15, 0.2) is 0 Å². The van der Waals surface area contributed by atoms with E-state index in [9.17, 15) is 0 Å². The zero-order chi connectivity index (χ0) is 9.23. The van der Waals surface area contributed by atoms with Crippen molar-refractivity contribution in [1.29, 1.82) is 0 Å². The van der Waals surface area contributed by atoms with Crippen molar-refractivity contribution in [2.24, 2.45) is 0 Å². The second kappa shape index (κ2) is 9.01. The van der Waals surface area contributed by atoms with Crippen LogP contribution in [0.5, 0.6) is 0 Å². The van der Waals surface area contributed by atoms with Crippen LogP contribution in [-0.2, 0) is 4.74 Å². The Bertz CT molecular complexity index is 85.9. The molecule has 1 unspecified atom stereocenters. The summed E-state index contributed by atoms with van der Waals surface area (Å²) in [4.78, 5) is 0. The molecule has 0 aliphatic heterocycles. The first kappa shape index (κ1) is 11.9. The number of methoxy groups -OCH3 is 1. The maximum Gasteiger partial charge on any atom is 0.0474 e. The topological polar surface area (TPSA) is 21.3 Å². The summed E-state index contributed by atoms with van der Waals surface area (Å²) in [7, 11) is 1.75. The molecule has 0 radical (unpaired) electrons. The van der Waals surface area contributed by atoms with E-state index in [1.54, 1.807) is 7.11 Å². The van der Waals surface area contributed by atoms with E-state index in [0.717, 1.165) is 19.6 Å². The molecule has 0 saturated heterocycles. The van der Waals surface area contributed by atoms with Crippen LogP contribution in [0.4, 0.5) is 0 Å². The predicted octanol–water partition coefficient (Wildman–Crippen LogP) is 2.19. The van der Waals surface area contributed by atoms with Crippen LogP contribution in [0, 0.1) is 0 Å². The molecule has 0 saturated carbocycles. The highest BCUT2D eigenvalue weighted by atomic mass is 16.5. The summed E-state index contributed by atoms with van der Waals surface area (Å²) in [6, 6.07) is 0.668. The molecule has 0 aliphatic carbocycles. The maximum atomic E-state index is 4.96. The van der Waals surface area contributed by atoms with Gasteiger partial charge in [-0.15, -0.1) is 0 Å². The highest BCUT2D eigenvalue weighted by molar-refractivity contribution is 4.59. The third-order valence-electron chi connectivity index (χ3n) is 2.01. The van der Waals surface area contributed by atoms with E-state index in [1.165, 1.54) is 19.3 Å². The Balaban J connectivity index is 3.02. The van der Waals surface area contributed by atoms with Gasteiger partial charge in [-0.1, -0.05) is 19.8 Å². The van der Waals surface area contributed by atoms with Crippen molar-refractivity contribution in [3.05, 3.63) is 0 Å². The van der Waals surface area contributed by atoms with Gasteiger partial charge in [-0.3, -0.25) is 0 Å². The molecule has 0 aromatic rings. The van der Waals surface area contributed by atoms with Crippen LogP contribution in [0.3, 0.4) is 0 Å². The first-order valence-electron chi connectivity index (χ1n) is 5.03. The molecule has 0 fully saturated rings. The van der Waals surface area contributed by atoms with Crippen molar-refractivity contribution >= 4 is 0 Å². The van der Waals surface area contributed by atoms with Gasteiger partial charge in [0.2, 0.25) is 0 Å². The van der Waals surface area contributed by atoms with Gasteiger partial charge >= 0.3 is 0 Å². The molecular formula is C10H23NO. The summed E-state index contributed by atoms with van der Waals surface area (Å²) in [5, 5.41) is 3.47. The van der Waals surface area contributed by atoms with Crippen LogP contribution in [-0.4, -0.2) is 26.3 Å². The van der Waals surface area contributed by atoms with Crippen LogP contribution in [0.15, 0.2) is 0 Å². The molecule has 0 aromatic carbocycles. The number of rotatable bonds is 8. The first-order valence-corrected chi connectivity index (χ1v) is 5.03. The Hall–Kier alpha value is -0.0800. The Morgan fingerprint density at radius 1 is 1.33 bits per heavy atom. The maximum absolute atomic E-state index is 4.96. The standard InChI is InChI=1S/C10H23NO/c1-4-5-7-10(2)11-8-6-9-12-3/h10-11H,4-9H2,1-3H3. The third-order valence-corrected chi connectivity index (χ3v) is 2.01. The molecule has 0 aromatic heterocycles. The molecule has 0 rings (SSSR count). The minimum atomic E-state index is 0.668. The van der Waals surface area contributed by atoms with E-state index in [-0.39, 0.29) is 0 Å². The van der Waals surface area contributed by atoms with Crippen LogP contribution < -0.4 is 5.32 Å². The first-order chi connectivity index (χ1) is 5.81. The van der Waals surface area contributed by atoms with E-state index in [2.05, 4.69) is 19.2 Å². The largest absolute Gasteiger partial charge is 0.385 e. The van der Waals surface area contributed by atoms with Crippen molar-refractivity contribution in [3.8, 4) is 0 Å². The molecule has 2 nitrogen and oxygen atoms in total. The highest BCUT2D eigenvalue weighted by Crippen LogP contribution is 1.98. The van der Waals surface area contributed by atoms with Gasteiger partial charge in [0.05, 0.1) is 0 Å². The fourth-order valence-corrected chi connectivity index (χ4v) is 1.18. The Morgan fingerprint density at radius 3 is 2.67 bits per heavy atom. The summed E-state index contributed by atoms with van der Waals surface area (Å²) in [6.45, 7) is 6.44. The SMILES string of the molecule is CCCCC(C)NCCCOC. The van der Waals surface area contributed by atoms with E-state index in [4.69, 9.17) is 4.74 Å². The fourth-order valence-electron chi connectivity index (χ4n) is 1.18. The minimum absolute atomic E-state index is 0.668. The number of unbranched alkanes of at least 4 members (excludes halogenated alkanes) is 1. The average molecular weight is 173 g/mol. The lowest BCUT2D eigenvalue weighted by atomic mass is 10.1. The Morgan fingerprint density at radius 2 is 2.08 bits per heavy atom. The van der Waals surface area contributed by atoms with Gasteiger partial charge in [-0.2, -0.15) is 0 Å². The zero-order valence-corrected chi connectivity index (χ0v) is 8.73. The van der Waals surface area contributed by atoms with Gasteiger partial charge in [-0.25, -0.2) is 0 Å². The van der Waals surface area contributed by atoms with E-state index < -0.39 is 0 Å². The highest BCUT2D eigenvalue weighted by Gasteiger charge is 1.98. The molecule has 0 heterocycles. The molecule has 2 heteroatoms. The van der Waals surface area contributed by atoms with E-state index in [1.807, 2.05) is 0 Å². The fraction of sp³-hybridized carbons (Fsp3) is 1.00. The average Bonchev–Trinajstić information content (AvgIpc) is 2.09. The zero-order valence-electron chi connectivity index (χ0n) is 8.73. The lowest BCUT2D eigenvalue weighted by Crippen LogP contribution is -2.27. The number of hydrogen-bond acceptors (Lipinski definition) is 2. The lowest BCUT2D eigenvalue weighted by molar-refractivity contribution is 0.193. The number of ether oxygens (including phenoxy) is 1. The number of nitrogens with one attached hydrogen (secondary N) is 1.